The quantitative estimate of drug-likeness (QED) is 0.847. The van der Waals surface area contributed by atoms with Crippen LogP contribution in [-0.2, 0) is 4.79 Å². The van der Waals surface area contributed by atoms with Gasteiger partial charge in [0.1, 0.15) is 0 Å². The van der Waals surface area contributed by atoms with Gasteiger partial charge >= 0.3 is 0 Å². The minimum absolute atomic E-state index is 0.313. The number of hydrogen-bond acceptors (Lipinski definition) is 2. The fraction of sp³-hybridized carbons (Fsp3) is 0.938. The number of carbonyl (C=O) groups excluding carboxylic acids is 1. The molecule has 1 saturated heterocycles. The molecule has 3 heteroatoms. The summed E-state index contributed by atoms with van der Waals surface area (Å²) in [5, 5.41) is 3.68. The Kier molecular flexibility index (Phi) is 3.36. The fourth-order valence-corrected chi connectivity index (χ4v) is 3.91. The Bertz CT molecular complexity index is 364. The van der Waals surface area contributed by atoms with E-state index >= 15 is 0 Å². The van der Waals surface area contributed by atoms with Gasteiger partial charge in [-0.1, -0.05) is 26.7 Å². The summed E-state index contributed by atoms with van der Waals surface area (Å²) >= 11 is 0. The van der Waals surface area contributed by atoms with Gasteiger partial charge in [0.25, 0.3) is 0 Å². The highest BCUT2D eigenvalue weighted by Gasteiger charge is 2.51. The van der Waals surface area contributed by atoms with Gasteiger partial charge in [0, 0.05) is 6.54 Å². The zero-order chi connectivity index (χ0) is 13.6. The average Bonchev–Trinajstić information content (AvgIpc) is 2.83. The fourth-order valence-electron chi connectivity index (χ4n) is 3.91. The molecule has 0 radical (unpaired) electrons. The van der Waals surface area contributed by atoms with Crippen molar-refractivity contribution >= 4 is 5.91 Å². The van der Waals surface area contributed by atoms with Gasteiger partial charge in [-0.05, 0) is 50.4 Å². The molecule has 2 aliphatic carbocycles. The molecule has 4 atom stereocenters. The molecule has 3 aliphatic rings. The van der Waals surface area contributed by atoms with Crippen LogP contribution in [0.15, 0.2) is 0 Å². The van der Waals surface area contributed by atoms with E-state index in [2.05, 4.69) is 31.0 Å². The smallest absolute Gasteiger partial charge is 0.243 e. The van der Waals surface area contributed by atoms with Gasteiger partial charge in [0.2, 0.25) is 5.91 Å². The van der Waals surface area contributed by atoms with E-state index in [-0.39, 0.29) is 5.54 Å². The third kappa shape index (κ3) is 2.31. The Labute approximate surface area is 117 Å². The second-order valence-corrected chi connectivity index (χ2v) is 7.25. The Balaban J connectivity index is 1.76. The first-order chi connectivity index (χ1) is 9.05. The maximum atomic E-state index is 12.8. The lowest BCUT2D eigenvalue weighted by atomic mass is 9.99. The highest BCUT2D eigenvalue weighted by atomic mass is 16.2. The predicted octanol–water partition coefficient (Wildman–Crippen LogP) is 2.76. The lowest BCUT2D eigenvalue weighted by molar-refractivity contribution is -0.133. The molecule has 1 amide bonds. The van der Waals surface area contributed by atoms with Crippen LogP contribution in [-0.4, -0.2) is 29.1 Å². The molecule has 1 aliphatic heterocycles. The van der Waals surface area contributed by atoms with Crippen LogP contribution in [0.25, 0.3) is 0 Å². The average molecular weight is 264 g/mol. The molecule has 0 bridgehead atoms. The zero-order valence-corrected chi connectivity index (χ0v) is 12.6. The van der Waals surface area contributed by atoms with Crippen LogP contribution < -0.4 is 5.32 Å². The van der Waals surface area contributed by atoms with Crippen LogP contribution >= 0.6 is 0 Å². The monoisotopic (exact) mass is 264 g/mol. The Morgan fingerprint density at radius 2 is 2.00 bits per heavy atom. The second kappa shape index (κ2) is 4.76. The topological polar surface area (TPSA) is 32.3 Å². The zero-order valence-electron chi connectivity index (χ0n) is 12.6. The van der Waals surface area contributed by atoms with E-state index in [1.807, 2.05) is 0 Å². The molecule has 1 N–H and O–H groups in total. The first-order valence-electron chi connectivity index (χ1n) is 8.14. The number of amides is 1. The first-order valence-corrected chi connectivity index (χ1v) is 8.14. The van der Waals surface area contributed by atoms with Crippen molar-refractivity contribution in [2.75, 3.05) is 6.54 Å². The second-order valence-electron chi connectivity index (χ2n) is 7.25. The summed E-state index contributed by atoms with van der Waals surface area (Å²) in [5.41, 5.74) is -0.314. The minimum Gasteiger partial charge on any atom is -0.325 e. The van der Waals surface area contributed by atoms with Crippen molar-refractivity contribution in [3.8, 4) is 0 Å². The van der Waals surface area contributed by atoms with E-state index in [4.69, 9.17) is 0 Å². The molecule has 0 aromatic rings. The van der Waals surface area contributed by atoms with E-state index in [1.165, 1.54) is 32.1 Å². The summed E-state index contributed by atoms with van der Waals surface area (Å²) in [6, 6.07) is 0. The molecule has 3 rings (SSSR count). The third-order valence-corrected chi connectivity index (χ3v) is 5.80. The van der Waals surface area contributed by atoms with Crippen molar-refractivity contribution in [3.05, 3.63) is 0 Å². The highest BCUT2D eigenvalue weighted by Crippen LogP contribution is 2.42. The predicted molar refractivity (Wildman–Crippen MR) is 76.6 cm³/mol. The maximum absolute atomic E-state index is 12.8. The van der Waals surface area contributed by atoms with Crippen molar-refractivity contribution in [3.63, 3.8) is 0 Å². The summed E-state index contributed by atoms with van der Waals surface area (Å²) in [5.74, 6) is 2.62. The summed E-state index contributed by atoms with van der Waals surface area (Å²) < 4.78 is 0. The van der Waals surface area contributed by atoms with Crippen LogP contribution in [0.2, 0.25) is 0 Å². The van der Waals surface area contributed by atoms with Crippen molar-refractivity contribution in [2.24, 2.45) is 17.8 Å². The lowest BCUT2D eigenvalue weighted by Gasteiger charge is -2.29. The van der Waals surface area contributed by atoms with E-state index in [1.54, 1.807) is 0 Å². The van der Waals surface area contributed by atoms with Gasteiger partial charge in [0.15, 0.2) is 0 Å². The summed E-state index contributed by atoms with van der Waals surface area (Å²) in [4.78, 5) is 15.0. The van der Waals surface area contributed by atoms with Crippen molar-refractivity contribution < 1.29 is 4.79 Å². The van der Waals surface area contributed by atoms with Gasteiger partial charge in [-0.2, -0.15) is 0 Å². The maximum Gasteiger partial charge on any atom is 0.243 e. The molecule has 19 heavy (non-hydrogen) atoms. The molecule has 3 nitrogen and oxygen atoms in total. The number of carbonyl (C=O) groups is 1. The van der Waals surface area contributed by atoms with E-state index < -0.39 is 0 Å². The van der Waals surface area contributed by atoms with Crippen LogP contribution in [0.5, 0.6) is 0 Å². The number of hydrogen-bond donors (Lipinski definition) is 1. The molecule has 2 saturated carbocycles. The Morgan fingerprint density at radius 3 is 2.53 bits per heavy atom. The van der Waals surface area contributed by atoms with Crippen LogP contribution in [0.3, 0.4) is 0 Å². The van der Waals surface area contributed by atoms with Crippen LogP contribution in [0.4, 0.5) is 0 Å². The summed E-state index contributed by atoms with van der Waals surface area (Å²) in [7, 11) is 0. The molecular weight excluding hydrogens is 236 g/mol. The van der Waals surface area contributed by atoms with Gasteiger partial charge in [-0.25, -0.2) is 0 Å². The number of nitrogens with one attached hydrogen (secondary N) is 1. The Hall–Kier alpha value is -0.570. The molecule has 1 heterocycles. The van der Waals surface area contributed by atoms with Gasteiger partial charge < -0.3 is 4.90 Å². The molecule has 0 spiro atoms. The van der Waals surface area contributed by atoms with E-state index in [9.17, 15) is 4.79 Å². The van der Waals surface area contributed by atoms with Crippen LogP contribution in [0, 0.1) is 17.8 Å². The molecule has 0 aromatic carbocycles. The summed E-state index contributed by atoms with van der Waals surface area (Å²) in [6.07, 6.45) is 7.78. The lowest BCUT2D eigenvalue weighted by Crippen LogP contribution is -2.45. The normalized spacial score (nSPS) is 43.2. The van der Waals surface area contributed by atoms with E-state index in [0.717, 1.165) is 24.8 Å². The molecule has 108 valence electrons. The van der Waals surface area contributed by atoms with Crippen molar-refractivity contribution in [1.82, 2.24) is 10.2 Å². The third-order valence-electron chi connectivity index (χ3n) is 5.80. The molecule has 4 unspecified atom stereocenters. The molecule has 3 fully saturated rings. The van der Waals surface area contributed by atoms with Gasteiger partial charge in [0.05, 0.1) is 11.7 Å². The summed E-state index contributed by atoms with van der Waals surface area (Å²) in [6.45, 7) is 7.51. The first kappa shape index (κ1) is 13.4. The van der Waals surface area contributed by atoms with E-state index in [0.29, 0.717) is 18.0 Å². The number of nitrogens with zero attached hydrogens (tertiary/aromatic N) is 1. The highest BCUT2D eigenvalue weighted by molar-refractivity contribution is 5.88. The number of rotatable bonds is 4. The van der Waals surface area contributed by atoms with Crippen molar-refractivity contribution in [1.29, 1.82) is 0 Å². The minimum atomic E-state index is -0.314. The van der Waals surface area contributed by atoms with Crippen molar-refractivity contribution in [2.45, 2.75) is 71.0 Å². The molecular formula is C16H28N2O. The SMILES string of the molecule is CCC1(C)NC(C2CCCC2)N(CC2CC2C)C1=O. The standard InChI is InChI=1S/C16H28N2O/c1-4-16(3)15(19)18(10-13-9-11(13)2)14(17-16)12-7-5-6-8-12/h11-14,17H,4-10H2,1-3H3. The molecule has 0 aromatic heterocycles. The largest absolute Gasteiger partial charge is 0.325 e. The van der Waals surface area contributed by atoms with Gasteiger partial charge in [-0.3, -0.25) is 10.1 Å². The Morgan fingerprint density at radius 1 is 1.37 bits per heavy atom. The van der Waals surface area contributed by atoms with Gasteiger partial charge in [-0.15, -0.1) is 0 Å². The van der Waals surface area contributed by atoms with Crippen LogP contribution in [0.1, 0.15) is 59.3 Å².